The number of aromatic nitrogens is 1. The molecule has 0 fully saturated rings. The minimum Gasteiger partial charge on any atom is -0.478 e. The summed E-state index contributed by atoms with van der Waals surface area (Å²) in [5, 5.41) is 2.81. The first-order valence-corrected chi connectivity index (χ1v) is 7.39. The van der Waals surface area contributed by atoms with Gasteiger partial charge in [-0.2, -0.15) is 0 Å². The number of hydrogen-bond acceptors (Lipinski definition) is 3. The first-order chi connectivity index (χ1) is 11.1. The van der Waals surface area contributed by atoms with Gasteiger partial charge < -0.3 is 15.0 Å². The van der Waals surface area contributed by atoms with E-state index >= 15 is 0 Å². The summed E-state index contributed by atoms with van der Waals surface area (Å²) in [5.41, 5.74) is 1.64. The van der Waals surface area contributed by atoms with Crippen LogP contribution in [-0.4, -0.2) is 29.6 Å². The topological polar surface area (TPSA) is 54.5 Å². The maximum Gasteiger partial charge on any atom is 0.317 e. The maximum atomic E-state index is 13.2. The highest BCUT2D eigenvalue weighted by Gasteiger charge is 2.09. The van der Waals surface area contributed by atoms with E-state index in [0.29, 0.717) is 25.6 Å². The predicted octanol–water partition coefficient (Wildman–Crippen LogP) is 2.96. The van der Waals surface area contributed by atoms with Crippen molar-refractivity contribution in [2.45, 2.75) is 20.0 Å². The van der Waals surface area contributed by atoms with Crippen molar-refractivity contribution in [2.24, 2.45) is 0 Å². The molecule has 6 heteroatoms. The lowest BCUT2D eigenvalue weighted by Crippen LogP contribution is -2.36. The fourth-order valence-corrected chi connectivity index (χ4v) is 2.08. The van der Waals surface area contributed by atoms with E-state index in [9.17, 15) is 9.18 Å². The highest BCUT2D eigenvalue weighted by Crippen LogP contribution is 2.10. The summed E-state index contributed by atoms with van der Waals surface area (Å²) >= 11 is 0. The summed E-state index contributed by atoms with van der Waals surface area (Å²) < 4.78 is 18.5. The van der Waals surface area contributed by atoms with Crippen molar-refractivity contribution in [3.63, 3.8) is 0 Å². The normalized spacial score (nSPS) is 10.2. The molecule has 0 aliphatic heterocycles. The van der Waals surface area contributed by atoms with Gasteiger partial charge in [-0.15, -0.1) is 0 Å². The van der Waals surface area contributed by atoms with E-state index in [0.717, 1.165) is 11.1 Å². The molecular weight excluding hydrogens is 297 g/mol. The van der Waals surface area contributed by atoms with E-state index in [2.05, 4.69) is 10.3 Å². The molecule has 0 bridgehead atoms. The van der Waals surface area contributed by atoms with Crippen LogP contribution in [0.4, 0.5) is 9.18 Å². The number of ether oxygens (including phenoxy) is 1. The van der Waals surface area contributed by atoms with Crippen molar-refractivity contribution in [1.29, 1.82) is 0 Å². The molecule has 0 saturated carbocycles. The SMILES string of the molecule is CCOc1cc(CNC(=O)N(C)Cc2cccc(F)c2)ccn1. The minimum absolute atomic E-state index is 0.232. The van der Waals surface area contributed by atoms with E-state index in [-0.39, 0.29) is 11.8 Å². The Bertz CT molecular complexity index is 664. The van der Waals surface area contributed by atoms with Gasteiger partial charge in [0.2, 0.25) is 5.88 Å². The average Bonchev–Trinajstić information content (AvgIpc) is 2.53. The highest BCUT2D eigenvalue weighted by atomic mass is 19.1. The van der Waals surface area contributed by atoms with Crippen LogP contribution in [0.5, 0.6) is 5.88 Å². The molecule has 0 unspecified atom stereocenters. The zero-order chi connectivity index (χ0) is 16.7. The zero-order valence-electron chi connectivity index (χ0n) is 13.3. The lowest BCUT2D eigenvalue weighted by Gasteiger charge is -2.18. The Labute approximate surface area is 135 Å². The Morgan fingerprint density at radius 3 is 2.87 bits per heavy atom. The quantitative estimate of drug-likeness (QED) is 0.891. The number of benzene rings is 1. The number of carbonyl (C=O) groups is 1. The summed E-state index contributed by atoms with van der Waals surface area (Å²) in [5.74, 6) is 0.226. The van der Waals surface area contributed by atoms with Crippen molar-refractivity contribution in [3.05, 3.63) is 59.5 Å². The van der Waals surface area contributed by atoms with Gasteiger partial charge in [0, 0.05) is 32.4 Å². The van der Waals surface area contributed by atoms with Crippen molar-refractivity contribution < 1.29 is 13.9 Å². The molecule has 2 amide bonds. The lowest BCUT2D eigenvalue weighted by molar-refractivity contribution is 0.206. The summed E-state index contributed by atoms with van der Waals surface area (Å²) in [7, 11) is 1.67. The molecule has 1 heterocycles. The molecule has 2 aromatic rings. The van der Waals surface area contributed by atoms with Gasteiger partial charge in [0.05, 0.1) is 6.61 Å². The van der Waals surface area contributed by atoms with Gasteiger partial charge in [0.1, 0.15) is 5.82 Å². The van der Waals surface area contributed by atoms with E-state index in [1.54, 1.807) is 31.4 Å². The van der Waals surface area contributed by atoms with Gasteiger partial charge in [-0.25, -0.2) is 14.2 Å². The van der Waals surface area contributed by atoms with Crippen LogP contribution in [0.3, 0.4) is 0 Å². The number of urea groups is 1. The van der Waals surface area contributed by atoms with Gasteiger partial charge in [0.25, 0.3) is 0 Å². The second-order valence-electron chi connectivity index (χ2n) is 5.08. The van der Waals surface area contributed by atoms with E-state index in [1.807, 2.05) is 13.0 Å². The van der Waals surface area contributed by atoms with Gasteiger partial charge >= 0.3 is 6.03 Å². The molecule has 0 aliphatic rings. The maximum absolute atomic E-state index is 13.2. The molecule has 0 radical (unpaired) electrons. The third-order valence-corrected chi connectivity index (χ3v) is 3.19. The van der Waals surface area contributed by atoms with E-state index in [1.165, 1.54) is 17.0 Å². The number of nitrogens with one attached hydrogen (secondary N) is 1. The zero-order valence-corrected chi connectivity index (χ0v) is 13.3. The Hall–Kier alpha value is -2.63. The average molecular weight is 317 g/mol. The monoisotopic (exact) mass is 317 g/mol. The van der Waals surface area contributed by atoms with Crippen LogP contribution in [0.1, 0.15) is 18.1 Å². The molecule has 0 atom stereocenters. The van der Waals surface area contributed by atoms with Crippen molar-refractivity contribution in [1.82, 2.24) is 15.2 Å². The lowest BCUT2D eigenvalue weighted by atomic mass is 10.2. The van der Waals surface area contributed by atoms with E-state index in [4.69, 9.17) is 4.74 Å². The third-order valence-electron chi connectivity index (χ3n) is 3.19. The fraction of sp³-hybridized carbons (Fsp3) is 0.294. The molecule has 1 aromatic heterocycles. The number of hydrogen-bond donors (Lipinski definition) is 1. The number of pyridine rings is 1. The third kappa shape index (κ3) is 5.25. The molecule has 1 aromatic carbocycles. The molecular formula is C17H20FN3O2. The Kier molecular flexibility index (Phi) is 5.91. The number of carbonyl (C=O) groups excluding carboxylic acids is 1. The van der Waals surface area contributed by atoms with Crippen LogP contribution in [0, 0.1) is 5.82 Å². The molecule has 5 nitrogen and oxygen atoms in total. The summed E-state index contributed by atoms with van der Waals surface area (Å²) in [6.07, 6.45) is 1.64. The molecule has 1 N–H and O–H groups in total. The molecule has 122 valence electrons. The summed E-state index contributed by atoms with van der Waals surface area (Å²) in [6, 6.07) is 9.58. The van der Waals surface area contributed by atoms with Crippen LogP contribution >= 0.6 is 0 Å². The van der Waals surface area contributed by atoms with Crippen molar-refractivity contribution >= 4 is 6.03 Å². The van der Waals surface area contributed by atoms with Crippen LogP contribution < -0.4 is 10.1 Å². The van der Waals surface area contributed by atoms with Crippen LogP contribution in [0.25, 0.3) is 0 Å². The first-order valence-electron chi connectivity index (χ1n) is 7.39. The molecule has 2 rings (SSSR count). The van der Waals surface area contributed by atoms with Crippen LogP contribution in [0.2, 0.25) is 0 Å². The van der Waals surface area contributed by atoms with E-state index < -0.39 is 0 Å². The molecule has 0 spiro atoms. The van der Waals surface area contributed by atoms with Gasteiger partial charge in [0.15, 0.2) is 0 Å². The second kappa shape index (κ2) is 8.12. The van der Waals surface area contributed by atoms with Gasteiger partial charge in [-0.05, 0) is 36.2 Å². The summed E-state index contributed by atoms with van der Waals surface area (Å²) in [6.45, 7) is 3.13. The van der Waals surface area contributed by atoms with Gasteiger partial charge in [-0.1, -0.05) is 12.1 Å². The Balaban J connectivity index is 1.87. The smallest absolute Gasteiger partial charge is 0.317 e. The molecule has 0 aliphatic carbocycles. The largest absolute Gasteiger partial charge is 0.478 e. The molecule has 23 heavy (non-hydrogen) atoms. The Morgan fingerprint density at radius 1 is 1.30 bits per heavy atom. The number of halogens is 1. The van der Waals surface area contributed by atoms with Gasteiger partial charge in [-0.3, -0.25) is 0 Å². The second-order valence-corrected chi connectivity index (χ2v) is 5.08. The van der Waals surface area contributed by atoms with Crippen LogP contribution in [-0.2, 0) is 13.1 Å². The van der Waals surface area contributed by atoms with Crippen molar-refractivity contribution in [2.75, 3.05) is 13.7 Å². The van der Waals surface area contributed by atoms with Crippen molar-refractivity contribution in [3.8, 4) is 5.88 Å². The standard InChI is InChI=1S/C17H20FN3O2/c1-3-23-16-10-13(7-8-19-16)11-20-17(22)21(2)12-14-5-4-6-15(18)9-14/h4-10H,3,11-12H2,1-2H3,(H,20,22). The number of nitrogens with zero attached hydrogens (tertiary/aromatic N) is 2. The Morgan fingerprint density at radius 2 is 2.13 bits per heavy atom. The van der Waals surface area contributed by atoms with Crippen LogP contribution in [0.15, 0.2) is 42.6 Å². The molecule has 0 saturated heterocycles. The fourth-order valence-electron chi connectivity index (χ4n) is 2.08. The predicted molar refractivity (Wildman–Crippen MR) is 85.5 cm³/mol. The number of rotatable bonds is 6. The summed E-state index contributed by atoms with van der Waals surface area (Å²) in [4.78, 5) is 17.7. The first kappa shape index (κ1) is 16.7. The number of amides is 2. The minimum atomic E-state index is -0.309. The highest BCUT2D eigenvalue weighted by molar-refractivity contribution is 5.73.